The van der Waals surface area contributed by atoms with Crippen LogP contribution < -0.4 is 4.74 Å². The molecular formula is C18H27N5O5. The molecule has 0 unspecified atom stereocenters. The fourth-order valence-electron chi connectivity index (χ4n) is 2.85. The first-order valence-electron chi connectivity index (χ1n) is 9.10. The van der Waals surface area contributed by atoms with E-state index in [1.807, 2.05) is 13.8 Å². The van der Waals surface area contributed by atoms with Crippen LogP contribution in [0.5, 0.6) is 17.5 Å². The lowest BCUT2D eigenvalue weighted by Crippen LogP contribution is -2.09. The van der Waals surface area contributed by atoms with Crippen LogP contribution >= 0.6 is 0 Å². The Bertz CT molecular complexity index is 869. The van der Waals surface area contributed by atoms with Crippen LogP contribution in [0.3, 0.4) is 0 Å². The number of aromatic hydroxyl groups is 2. The first-order valence-corrected chi connectivity index (χ1v) is 9.10. The number of hydrogen-bond acceptors (Lipinski definition) is 8. The second kappa shape index (κ2) is 9.25. The molecule has 0 amide bonds. The van der Waals surface area contributed by atoms with Gasteiger partial charge in [0.15, 0.2) is 5.69 Å². The van der Waals surface area contributed by atoms with Crippen molar-refractivity contribution in [1.82, 2.24) is 14.1 Å². The van der Waals surface area contributed by atoms with Crippen molar-refractivity contribution in [3.8, 4) is 17.5 Å². The third kappa shape index (κ3) is 4.10. The van der Waals surface area contributed by atoms with Crippen LogP contribution in [0.1, 0.15) is 38.1 Å². The Morgan fingerprint density at radius 1 is 1.21 bits per heavy atom. The standard InChI is InChI=1S/C18H27N5O5/c1-6-8-9-23-16(26)14(15(25)17(23)28-5)20-21-18-19-11(7-2)12(22(18)3)10-13(24)27-4/h25-26H,6-10H2,1-5H3. The summed E-state index contributed by atoms with van der Waals surface area (Å²) in [6.07, 6.45) is 2.38. The van der Waals surface area contributed by atoms with E-state index in [-0.39, 0.29) is 41.5 Å². The van der Waals surface area contributed by atoms with E-state index in [0.29, 0.717) is 24.4 Å². The summed E-state index contributed by atoms with van der Waals surface area (Å²) in [5.41, 5.74) is 1.28. The van der Waals surface area contributed by atoms with Crippen molar-refractivity contribution in [3.05, 3.63) is 11.4 Å². The van der Waals surface area contributed by atoms with Gasteiger partial charge < -0.3 is 24.3 Å². The normalized spacial score (nSPS) is 11.3. The van der Waals surface area contributed by atoms with E-state index in [9.17, 15) is 15.0 Å². The Morgan fingerprint density at radius 3 is 2.50 bits per heavy atom. The molecule has 0 radical (unpaired) electrons. The Hall–Kier alpha value is -3.04. The van der Waals surface area contributed by atoms with Crippen molar-refractivity contribution in [3.63, 3.8) is 0 Å². The summed E-state index contributed by atoms with van der Waals surface area (Å²) >= 11 is 0. The molecule has 0 saturated carbocycles. The number of aromatic nitrogens is 3. The Kier molecular flexibility index (Phi) is 7.02. The van der Waals surface area contributed by atoms with Gasteiger partial charge >= 0.3 is 5.97 Å². The minimum Gasteiger partial charge on any atom is -0.501 e. The van der Waals surface area contributed by atoms with E-state index in [2.05, 4.69) is 15.2 Å². The van der Waals surface area contributed by atoms with Crippen molar-refractivity contribution >= 4 is 17.6 Å². The summed E-state index contributed by atoms with van der Waals surface area (Å²) in [7, 11) is 4.45. The summed E-state index contributed by atoms with van der Waals surface area (Å²) < 4.78 is 13.0. The smallest absolute Gasteiger partial charge is 0.311 e. The highest BCUT2D eigenvalue weighted by Crippen LogP contribution is 2.47. The summed E-state index contributed by atoms with van der Waals surface area (Å²) in [6.45, 7) is 4.41. The molecule has 10 nitrogen and oxygen atoms in total. The van der Waals surface area contributed by atoms with Crippen LogP contribution in [0.15, 0.2) is 10.2 Å². The number of ether oxygens (including phenoxy) is 2. The number of esters is 1. The molecule has 154 valence electrons. The summed E-state index contributed by atoms with van der Waals surface area (Å²) in [5, 5.41) is 28.8. The predicted octanol–water partition coefficient (Wildman–Crippen LogP) is 3.13. The molecule has 2 heterocycles. The predicted molar refractivity (Wildman–Crippen MR) is 102 cm³/mol. The van der Waals surface area contributed by atoms with Gasteiger partial charge in [0.25, 0.3) is 0 Å². The van der Waals surface area contributed by atoms with Gasteiger partial charge in [0, 0.05) is 13.6 Å². The SMILES string of the molecule is CCCCn1c(O)c(N=Nc2nc(CC)c(CC(=O)OC)n2C)c(O)c1OC. The van der Waals surface area contributed by atoms with E-state index in [1.165, 1.54) is 18.8 Å². The topological polar surface area (TPSA) is 123 Å². The molecule has 2 aromatic rings. The van der Waals surface area contributed by atoms with Gasteiger partial charge in [-0.05, 0) is 12.8 Å². The molecule has 0 aliphatic carbocycles. The highest BCUT2D eigenvalue weighted by atomic mass is 16.5. The van der Waals surface area contributed by atoms with Crippen LogP contribution in [0.4, 0.5) is 11.6 Å². The molecule has 0 aliphatic rings. The zero-order valence-corrected chi connectivity index (χ0v) is 16.9. The molecule has 28 heavy (non-hydrogen) atoms. The molecule has 0 saturated heterocycles. The number of azo groups is 1. The number of aryl methyl sites for hydroxylation is 1. The van der Waals surface area contributed by atoms with Crippen LogP contribution in [-0.2, 0) is 36.0 Å². The van der Waals surface area contributed by atoms with Crippen LogP contribution in [0.25, 0.3) is 0 Å². The Balaban J connectivity index is 2.41. The molecular weight excluding hydrogens is 366 g/mol. The van der Waals surface area contributed by atoms with Crippen molar-refractivity contribution in [1.29, 1.82) is 0 Å². The van der Waals surface area contributed by atoms with Gasteiger partial charge in [-0.3, -0.25) is 9.36 Å². The number of rotatable bonds is 9. The summed E-state index contributed by atoms with van der Waals surface area (Å²) in [6, 6.07) is 0. The fourth-order valence-corrected chi connectivity index (χ4v) is 2.85. The molecule has 0 fully saturated rings. The molecule has 0 atom stereocenters. The Labute approximate surface area is 163 Å². The summed E-state index contributed by atoms with van der Waals surface area (Å²) in [4.78, 5) is 16.0. The third-order valence-electron chi connectivity index (χ3n) is 4.45. The third-order valence-corrected chi connectivity index (χ3v) is 4.45. The van der Waals surface area contributed by atoms with Gasteiger partial charge in [-0.25, -0.2) is 4.98 Å². The minimum absolute atomic E-state index is 0.0659. The monoisotopic (exact) mass is 393 g/mol. The number of methoxy groups -OCH3 is 2. The first-order chi connectivity index (χ1) is 13.4. The van der Waals surface area contributed by atoms with E-state index in [0.717, 1.165) is 12.8 Å². The highest BCUT2D eigenvalue weighted by Gasteiger charge is 2.24. The quantitative estimate of drug-likeness (QED) is 0.498. The molecule has 10 heteroatoms. The largest absolute Gasteiger partial charge is 0.501 e. The van der Waals surface area contributed by atoms with Gasteiger partial charge in [0.2, 0.25) is 23.5 Å². The number of nitrogens with zero attached hydrogens (tertiary/aromatic N) is 5. The molecule has 0 aromatic carbocycles. The molecule has 2 N–H and O–H groups in total. The number of imidazole rings is 1. The Morgan fingerprint density at radius 2 is 1.93 bits per heavy atom. The maximum Gasteiger partial charge on any atom is 0.311 e. The van der Waals surface area contributed by atoms with Gasteiger partial charge in [0.05, 0.1) is 32.0 Å². The molecule has 2 rings (SSSR count). The highest BCUT2D eigenvalue weighted by molar-refractivity contribution is 5.72. The maximum atomic E-state index is 11.6. The molecule has 0 spiro atoms. The lowest BCUT2D eigenvalue weighted by Gasteiger charge is -2.07. The first kappa shape index (κ1) is 21.3. The second-order valence-corrected chi connectivity index (χ2v) is 6.21. The van der Waals surface area contributed by atoms with Gasteiger partial charge in [0.1, 0.15) is 0 Å². The zero-order valence-electron chi connectivity index (χ0n) is 16.9. The average Bonchev–Trinajstić information content (AvgIpc) is 3.11. The minimum atomic E-state index is -0.380. The van der Waals surface area contributed by atoms with E-state index in [4.69, 9.17) is 9.47 Å². The number of carbonyl (C=O) groups is 1. The van der Waals surface area contributed by atoms with Crippen molar-refractivity contribution in [2.45, 2.75) is 46.1 Å². The van der Waals surface area contributed by atoms with E-state index in [1.54, 1.807) is 11.6 Å². The average molecular weight is 393 g/mol. The van der Waals surface area contributed by atoms with Crippen molar-refractivity contribution < 1.29 is 24.5 Å². The van der Waals surface area contributed by atoms with Gasteiger partial charge in [-0.2, -0.15) is 0 Å². The van der Waals surface area contributed by atoms with Crippen molar-refractivity contribution in [2.24, 2.45) is 17.3 Å². The zero-order chi connectivity index (χ0) is 20.8. The number of carbonyl (C=O) groups excluding carboxylic acids is 1. The lowest BCUT2D eigenvalue weighted by atomic mass is 10.2. The number of hydrogen-bond donors (Lipinski definition) is 2. The second-order valence-electron chi connectivity index (χ2n) is 6.21. The molecule has 0 aliphatic heterocycles. The van der Waals surface area contributed by atoms with E-state index < -0.39 is 0 Å². The van der Waals surface area contributed by atoms with E-state index >= 15 is 0 Å². The summed E-state index contributed by atoms with van der Waals surface area (Å²) in [5.74, 6) is -0.532. The number of unbranched alkanes of at least 4 members (excludes halogenated alkanes) is 1. The van der Waals surface area contributed by atoms with Crippen LogP contribution in [0, 0.1) is 0 Å². The van der Waals surface area contributed by atoms with Gasteiger partial charge in [-0.15, -0.1) is 10.2 Å². The lowest BCUT2D eigenvalue weighted by molar-refractivity contribution is -0.139. The van der Waals surface area contributed by atoms with Gasteiger partial charge in [-0.1, -0.05) is 20.3 Å². The molecule has 2 aromatic heterocycles. The molecule has 0 bridgehead atoms. The van der Waals surface area contributed by atoms with Crippen LogP contribution in [0.2, 0.25) is 0 Å². The van der Waals surface area contributed by atoms with Crippen molar-refractivity contribution in [2.75, 3.05) is 14.2 Å². The maximum absolute atomic E-state index is 11.6. The van der Waals surface area contributed by atoms with Crippen LogP contribution in [-0.4, -0.2) is 44.5 Å². The fraction of sp³-hybridized carbons (Fsp3) is 0.556.